The lowest BCUT2D eigenvalue weighted by molar-refractivity contribution is -0.742. The smallest absolute Gasteiger partial charge is 0.291 e. The molecule has 0 saturated heterocycles. The Labute approximate surface area is 114 Å². The van der Waals surface area contributed by atoms with Crippen molar-refractivity contribution < 1.29 is 19.8 Å². The fourth-order valence-corrected chi connectivity index (χ4v) is 1.52. The second kappa shape index (κ2) is 6.92. The van der Waals surface area contributed by atoms with Crippen molar-refractivity contribution in [2.75, 3.05) is 14.2 Å². The molecule has 9 heteroatoms. The van der Waals surface area contributed by atoms with E-state index in [4.69, 9.17) is 24.8 Å². The number of aryl methyl sites for hydroxylation is 1. The fraction of sp³-hybridized carbons (Fsp3) is 0.273. The van der Waals surface area contributed by atoms with Crippen LogP contribution in [0.3, 0.4) is 0 Å². The van der Waals surface area contributed by atoms with Crippen LogP contribution in [0.5, 0.6) is 11.5 Å². The molecule has 20 heavy (non-hydrogen) atoms. The summed E-state index contributed by atoms with van der Waals surface area (Å²) in [4.78, 5) is 8.36. The molecule has 0 bridgehead atoms. The van der Waals surface area contributed by atoms with Gasteiger partial charge in [0.1, 0.15) is 6.33 Å². The van der Waals surface area contributed by atoms with Crippen LogP contribution in [0.4, 0.5) is 0 Å². The Hall–Kier alpha value is -2.84. The molecule has 2 aromatic rings. The van der Waals surface area contributed by atoms with Gasteiger partial charge in [0.2, 0.25) is 0 Å². The predicted molar refractivity (Wildman–Crippen MR) is 68.3 cm³/mol. The van der Waals surface area contributed by atoms with Crippen molar-refractivity contribution in [3.05, 3.63) is 34.6 Å². The maximum absolute atomic E-state index is 8.36. The third kappa shape index (κ3) is 3.83. The van der Waals surface area contributed by atoms with E-state index < -0.39 is 5.09 Å². The van der Waals surface area contributed by atoms with Crippen molar-refractivity contribution in [1.82, 2.24) is 14.8 Å². The zero-order valence-corrected chi connectivity index (χ0v) is 11.2. The van der Waals surface area contributed by atoms with E-state index >= 15 is 0 Å². The number of benzene rings is 1. The molecule has 0 spiro atoms. The minimum Gasteiger partial charge on any atom is -0.493 e. The first-order valence-corrected chi connectivity index (χ1v) is 5.39. The SMILES string of the molecule is COc1ccc(-c2nncn2C)cc1OC.O=[N+]([O-])O. The fourth-order valence-electron chi connectivity index (χ4n) is 1.52. The molecule has 0 aliphatic carbocycles. The molecule has 0 radical (unpaired) electrons. The summed E-state index contributed by atoms with van der Waals surface area (Å²) in [5, 5.41) is 21.5. The lowest BCUT2D eigenvalue weighted by Crippen LogP contribution is -1.94. The second-order valence-corrected chi connectivity index (χ2v) is 3.57. The van der Waals surface area contributed by atoms with Gasteiger partial charge in [-0.1, -0.05) is 0 Å². The van der Waals surface area contributed by atoms with Crippen LogP contribution in [0.15, 0.2) is 24.5 Å². The Balaban J connectivity index is 0.000000444. The van der Waals surface area contributed by atoms with Gasteiger partial charge in [-0.3, -0.25) is 0 Å². The molecule has 9 nitrogen and oxygen atoms in total. The highest BCUT2D eigenvalue weighted by Crippen LogP contribution is 2.31. The number of ether oxygens (including phenoxy) is 2. The van der Waals surface area contributed by atoms with Gasteiger partial charge in [0.15, 0.2) is 17.3 Å². The molecular formula is C11H14N4O5. The van der Waals surface area contributed by atoms with Crippen LogP contribution in [-0.2, 0) is 7.05 Å². The van der Waals surface area contributed by atoms with Crippen LogP contribution in [0.2, 0.25) is 0 Å². The number of methoxy groups -OCH3 is 2. The summed E-state index contributed by atoms with van der Waals surface area (Å²) in [6, 6.07) is 5.65. The summed E-state index contributed by atoms with van der Waals surface area (Å²) in [7, 11) is 5.12. The average Bonchev–Trinajstić information content (AvgIpc) is 2.83. The highest BCUT2D eigenvalue weighted by molar-refractivity contribution is 5.61. The van der Waals surface area contributed by atoms with E-state index in [9.17, 15) is 0 Å². The van der Waals surface area contributed by atoms with Crippen molar-refractivity contribution >= 4 is 0 Å². The van der Waals surface area contributed by atoms with Gasteiger partial charge in [-0.05, 0) is 18.2 Å². The van der Waals surface area contributed by atoms with Gasteiger partial charge in [0, 0.05) is 12.6 Å². The predicted octanol–water partition coefficient (Wildman–Crippen LogP) is 1.15. The molecule has 2 rings (SSSR count). The second-order valence-electron chi connectivity index (χ2n) is 3.57. The van der Waals surface area contributed by atoms with Crippen molar-refractivity contribution in [2.45, 2.75) is 0 Å². The standard InChI is InChI=1S/C11H13N3O2.HNO3/c1-14-7-12-13-11(14)8-4-5-9(15-2)10(6-8)16-3;2-1(3)4/h4-7H,1-3H3;(H,2,3,4). The Morgan fingerprint density at radius 2 is 1.90 bits per heavy atom. The van der Waals surface area contributed by atoms with E-state index in [0.29, 0.717) is 11.5 Å². The molecule has 1 heterocycles. The zero-order valence-electron chi connectivity index (χ0n) is 11.2. The first-order valence-electron chi connectivity index (χ1n) is 5.39. The molecule has 1 aromatic carbocycles. The van der Waals surface area contributed by atoms with E-state index in [2.05, 4.69) is 10.2 Å². The van der Waals surface area contributed by atoms with Gasteiger partial charge >= 0.3 is 0 Å². The largest absolute Gasteiger partial charge is 0.493 e. The quantitative estimate of drug-likeness (QED) is 0.663. The summed E-state index contributed by atoms with van der Waals surface area (Å²) in [5.41, 5.74) is 0.942. The minimum atomic E-state index is -1.50. The van der Waals surface area contributed by atoms with Gasteiger partial charge in [-0.25, -0.2) is 0 Å². The zero-order chi connectivity index (χ0) is 15.1. The van der Waals surface area contributed by atoms with Crippen LogP contribution in [0, 0.1) is 10.1 Å². The van der Waals surface area contributed by atoms with E-state index in [1.54, 1.807) is 20.5 Å². The number of nitrogens with zero attached hydrogens (tertiary/aromatic N) is 4. The lowest BCUT2D eigenvalue weighted by atomic mass is 10.2. The molecule has 0 amide bonds. The Bertz CT molecular complexity index is 580. The van der Waals surface area contributed by atoms with E-state index in [1.807, 2.05) is 29.8 Å². The summed E-state index contributed by atoms with van der Waals surface area (Å²) in [5.74, 6) is 2.18. The van der Waals surface area contributed by atoms with Gasteiger partial charge in [0.25, 0.3) is 5.09 Å². The Morgan fingerprint density at radius 3 is 2.35 bits per heavy atom. The molecule has 1 aromatic heterocycles. The lowest BCUT2D eigenvalue weighted by Gasteiger charge is -2.08. The molecule has 0 fully saturated rings. The molecule has 0 saturated carbocycles. The van der Waals surface area contributed by atoms with Gasteiger partial charge < -0.3 is 19.2 Å². The number of aromatic nitrogens is 3. The van der Waals surface area contributed by atoms with Crippen LogP contribution < -0.4 is 9.47 Å². The van der Waals surface area contributed by atoms with Crippen LogP contribution in [-0.4, -0.2) is 39.3 Å². The third-order valence-electron chi connectivity index (χ3n) is 2.35. The molecule has 0 aliphatic heterocycles. The van der Waals surface area contributed by atoms with Crippen LogP contribution >= 0.6 is 0 Å². The molecule has 0 atom stereocenters. The summed E-state index contributed by atoms with van der Waals surface area (Å²) in [6.45, 7) is 0. The molecule has 108 valence electrons. The van der Waals surface area contributed by atoms with E-state index in [1.165, 1.54) is 0 Å². The highest BCUT2D eigenvalue weighted by Gasteiger charge is 2.09. The average molecular weight is 282 g/mol. The number of rotatable bonds is 3. The summed E-state index contributed by atoms with van der Waals surface area (Å²) in [6.07, 6.45) is 1.66. The normalized spacial score (nSPS) is 9.35. The van der Waals surface area contributed by atoms with Crippen molar-refractivity contribution in [3.63, 3.8) is 0 Å². The molecule has 0 aliphatic rings. The minimum absolute atomic E-state index is 0.683. The maximum atomic E-state index is 8.36. The van der Waals surface area contributed by atoms with Crippen molar-refractivity contribution in [3.8, 4) is 22.9 Å². The van der Waals surface area contributed by atoms with Gasteiger partial charge in [-0.15, -0.1) is 20.3 Å². The Kier molecular flexibility index (Phi) is 5.27. The highest BCUT2D eigenvalue weighted by atomic mass is 16.9. The van der Waals surface area contributed by atoms with E-state index in [0.717, 1.165) is 11.4 Å². The summed E-state index contributed by atoms with van der Waals surface area (Å²) >= 11 is 0. The monoisotopic (exact) mass is 282 g/mol. The van der Waals surface area contributed by atoms with Gasteiger partial charge in [0.05, 0.1) is 14.2 Å². The van der Waals surface area contributed by atoms with Crippen molar-refractivity contribution in [1.29, 1.82) is 0 Å². The first-order chi connectivity index (χ1) is 9.49. The number of hydrogen-bond acceptors (Lipinski definition) is 6. The van der Waals surface area contributed by atoms with E-state index in [-0.39, 0.29) is 0 Å². The molecular weight excluding hydrogens is 268 g/mol. The van der Waals surface area contributed by atoms with Crippen molar-refractivity contribution in [2.24, 2.45) is 7.05 Å². The first kappa shape index (κ1) is 15.2. The Morgan fingerprint density at radius 1 is 1.30 bits per heavy atom. The summed E-state index contributed by atoms with van der Waals surface area (Å²) < 4.78 is 12.3. The number of hydrogen-bond donors (Lipinski definition) is 1. The maximum Gasteiger partial charge on any atom is 0.291 e. The molecule has 0 unspecified atom stereocenters. The van der Waals surface area contributed by atoms with Crippen LogP contribution in [0.25, 0.3) is 11.4 Å². The third-order valence-corrected chi connectivity index (χ3v) is 2.35. The van der Waals surface area contributed by atoms with Gasteiger partial charge in [-0.2, -0.15) is 0 Å². The van der Waals surface area contributed by atoms with Crippen LogP contribution in [0.1, 0.15) is 0 Å². The topological polar surface area (TPSA) is 113 Å². The molecule has 1 N–H and O–H groups in total.